The third-order valence-electron chi connectivity index (χ3n) is 2.89. The number of hydrogen-bond acceptors (Lipinski definition) is 3. The average molecular weight is 259 g/mol. The first-order valence-electron chi connectivity index (χ1n) is 6.14. The van der Waals surface area contributed by atoms with Gasteiger partial charge >= 0.3 is 0 Å². The molecule has 0 atom stereocenters. The predicted molar refractivity (Wildman–Crippen MR) is 72.3 cm³/mol. The summed E-state index contributed by atoms with van der Waals surface area (Å²) in [5, 5.41) is 0. The highest BCUT2D eigenvalue weighted by molar-refractivity contribution is 5.93. The number of hydrogen-bond donors (Lipinski definition) is 0. The van der Waals surface area contributed by atoms with E-state index in [1.165, 1.54) is 12.5 Å². The van der Waals surface area contributed by atoms with E-state index in [1.807, 2.05) is 31.2 Å². The van der Waals surface area contributed by atoms with Crippen molar-refractivity contribution in [1.82, 2.24) is 4.90 Å². The van der Waals surface area contributed by atoms with E-state index in [1.54, 1.807) is 18.0 Å². The minimum atomic E-state index is -0.0675. The van der Waals surface area contributed by atoms with E-state index in [0.29, 0.717) is 18.7 Å². The first-order valence-corrected chi connectivity index (χ1v) is 6.14. The zero-order valence-electron chi connectivity index (χ0n) is 11.1. The molecule has 2 rings (SSSR count). The lowest BCUT2D eigenvalue weighted by Crippen LogP contribution is -2.30. The van der Waals surface area contributed by atoms with Crippen molar-refractivity contribution >= 4 is 5.91 Å². The lowest BCUT2D eigenvalue weighted by molar-refractivity contribution is 0.0773. The van der Waals surface area contributed by atoms with Crippen molar-refractivity contribution in [2.75, 3.05) is 20.2 Å². The van der Waals surface area contributed by atoms with Crippen LogP contribution in [0.15, 0.2) is 47.3 Å². The smallest absolute Gasteiger partial charge is 0.256 e. The molecule has 0 aliphatic rings. The Kier molecular flexibility index (Phi) is 4.23. The van der Waals surface area contributed by atoms with E-state index >= 15 is 0 Å². The van der Waals surface area contributed by atoms with E-state index in [4.69, 9.17) is 9.15 Å². The fourth-order valence-electron chi connectivity index (χ4n) is 1.72. The van der Waals surface area contributed by atoms with Gasteiger partial charge in [0.2, 0.25) is 0 Å². The van der Waals surface area contributed by atoms with Crippen LogP contribution in [0, 0.1) is 6.92 Å². The van der Waals surface area contributed by atoms with Gasteiger partial charge in [-0.1, -0.05) is 18.2 Å². The highest BCUT2D eigenvalue weighted by atomic mass is 16.5. The van der Waals surface area contributed by atoms with Crippen LogP contribution < -0.4 is 4.74 Å². The zero-order valence-corrected chi connectivity index (χ0v) is 11.1. The van der Waals surface area contributed by atoms with Gasteiger partial charge in [0.25, 0.3) is 5.91 Å². The van der Waals surface area contributed by atoms with Crippen molar-refractivity contribution < 1.29 is 13.9 Å². The number of benzene rings is 1. The number of nitrogens with zero attached hydrogens (tertiary/aromatic N) is 1. The van der Waals surface area contributed by atoms with Gasteiger partial charge in [0.15, 0.2) is 0 Å². The second-order valence-electron chi connectivity index (χ2n) is 4.35. The summed E-state index contributed by atoms with van der Waals surface area (Å²) in [6.07, 6.45) is 2.94. The van der Waals surface area contributed by atoms with Crippen LogP contribution in [-0.2, 0) is 0 Å². The van der Waals surface area contributed by atoms with E-state index in [2.05, 4.69) is 0 Å². The number of para-hydroxylation sites is 1. The number of carbonyl (C=O) groups is 1. The van der Waals surface area contributed by atoms with Gasteiger partial charge in [0.05, 0.1) is 18.4 Å². The molecule has 19 heavy (non-hydrogen) atoms. The average Bonchev–Trinajstić information content (AvgIpc) is 2.94. The molecule has 0 aliphatic heterocycles. The molecule has 0 bridgehead atoms. The normalized spacial score (nSPS) is 10.2. The van der Waals surface area contributed by atoms with Gasteiger partial charge in [0.1, 0.15) is 18.6 Å². The summed E-state index contributed by atoms with van der Waals surface area (Å²) in [7, 11) is 1.75. The lowest BCUT2D eigenvalue weighted by atomic mass is 10.2. The maximum atomic E-state index is 11.9. The van der Waals surface area contributed by atoms with Crippen molar-refractivity contribution in [1.29, 1.82) is 0 Å². The number of rotatable bonds is 5. The maximum absolute atomic E-state index is 11.9. The second kappa shape index (κ2) is 6.09. The number of carbonyl (C=O) groups excluding carboxylic acids is 1. The summed E-state index contributed by atoms with van der Waals surface area (Å²) in [6.45, 7) is 2.99. The summed E-state index contributed by atoms with van der Waals surface area (Å²) < 4.78 is 10.6. The number of amides is 1. The van der Waals surface area contributed by atoms with Crippen LogP contribution in [-0.4, -0.2) is 31.0 Å². The Labute approximate surface area is 112 Å². The Morgan fingerprint density at radius 2 is 2.11 bits per heavy atom. The zero-order chi connectivity index (χ0) is 13.7. The van der Waals surface area contributed by atoms with E-state index in [0.717, 1.165) is 11.3 Å². The Hall–Kier alpha value is -2.23. The van der Waals surface area contributed by atoms with Gasteiger partial charge in [-0.3, -0.25) is 4.79 Å². The standard InChI is InChI=1S/C15H17NO3/c1-12-5-3-4-6-14(12)19-10-8-16(2)15(17)13-7-9-18-11-13/h3-7,9,11H,8,10H2,1-2H3. The molecule has 0 saturated heterocycles. The summed E-state index contributed by atoms with van der Waals surface area (Å²) in [6, 6.07) is 9.48. The van der Waals surface area contributed by atoms with E-state index in [-0.39, 0.29) is 5.91 Å². The van der Waals surface area contributed by atoms with Crippen LogP contribution in [0.2, 0.25) is 0 Å². The van der Waals surface area contributed by atoms with Crippen LogP contribution in [0.4, 0.5) is 0 Å². The largest absolute Gasteiger partial charge is 0.491 e. The number of aryl methyl sites for hydroxylation is 1. The van der Waals surface area contributed by atoms with E-state index in [9.17, 15) is 4.79 Å². The fraction of sp³-hybridized carbons (Fsp3) is 0.267. The van der Waals surface area contributed by atoms with Gasteiger partial charge in [0, 0.05) is 7.05 Å². The molecule has 1 amide bonds. The minimum Gasteiger partial charge on any atom is -0.491 e. The summed E-state index contributed by atoms with van der Waals surface area (Å²) in [4.78, 5) is 13.5. The molecule has 4 nitrogen and oxygen atoms in total. The molecule has 0 radical (unpaired) electrons. The van der Waals surface area contributed by atoms with Gasteiger partial charge in [-0.25, -0.2) is 0 Å². The quantitative estimate of drug-likeness (QED) is 0.829. The second-order valence-corrected chi connectivity index (χ2v) is 4.35. The lowest BCUT2D eigenvalue weighted by Gasteiger charge is -2.17. The first kappa shape index (κ1) is 13.2. The van der Waals surface area contributed by atoms with Gasteiger partial charge in [-0.05, 0) is 24.6 Å². The van der Waals surface area contributed by atoms with Crippen LogP contribution in [0.3, 0.4) is 0 Å². The maximum Gasteiger partial charge on any atom is 0.256 e. The van der Waals surface area contributed by atoms with Gasteiger partial charge < -0.3 is 14.1 Å². The highest BCUT2D eigenvalue weighted by Gasteiger charge is 2.12. The molecule has 0 N–H and O–H groups in total. The molecular formula is C15H17NO3. The Morgan fingerprint density at radius 3 is 2.79 bits per heavy atom. The molecule has 1 heterocycles. The monoisotopic (exact) mass is 259 g/mol. The molecule has 100 valence electrons. The Morgan fingerprint density at radius 1 is 1.32 bits per heavy atom. The number of furan rings is 1. The predicted octanol–water partition coefficient (Wildman–Crippen LogP) is 2.74. The van der Waals surface area contributed by atoms with Crippen molar-refractivity contribution in [3.63, 3.8) is 0 Å². The molecule has 2 aromatic rings. The molecule has 0 saturated carbocycles. The summed E-state index contributed by atoms with van der Waals surface area (Å²) in [5.74, 6) is 0.786. The fourth-order valence-corrected chi connectivity index (χ4v) is 1.72. The first-order chi connectivity index (χ1) is 9.18. The molecule has 1 aromatic heterocycles. The van der Waals surface area contributed by atoms with Gasteiger partial charge in [-0.15, -0.1) is 0 Å². The van der Waals surface area contributed by atoms with Crippen molar-refractivity contribution in [2.24, 2.45) is 0 Å². The number of likely N-dealkylation sites (N-methyl/N-ethyl adjacent to an activating group) is 1. The molecule has 4 heteroatoms. The molecule has 0 fully saturated rings. The summed E-state index contributed by atoms with van der Waals surface area (Å²) in [5.41, 5.74) is 1.64. The molecule has 0 aliphatic carbocycles. The van der Waals surface area contributed by atoms with Crippen LogP contribution >= 0.6 is 0 Å². The third-order valence-corrected chi connectivity index (χ3v) is 2.89. The van der Waals surface area contributed by atoms with Crippen molar-refractivity contribution in [3.8, 4) is 5.75 Å². The van der Waals surface area contributed by atoms with Crippen molar-refractivity contribution in [2.45, 2.75) is 6.92 Å². The Bertz CT molecular complexity index is 534. The summed E-state index contributed by atoms with van der Waals surface area (Å²) >= 11 is 0. The van der Waals surface area contributed by atoms with E-state index < -0.39 is 0 Å². The molecule has 0 spiro atoms. The number of ether oxygens (including phenoxy) is 1. The Balaban J connectivity index is 1.83. The third kappa shape index (κ3) is 3.37. The van der Waals surface area contributed by atoms with Crippen molar-refractivity contribution in [3.05, 3.63) is 54.0 Å². The topological polar surface area (TPSA) is 42.7 Å². The van der Waals surface area contributed by atoms with Crippen LogP contribution in [0.1, 0.15) is 15.9 Å². The highest BCUT2D eigenvalue weighted by Crippen LogP contribution is 2.15. The van der Waals surface area contributed by atoms with Crippen LogP contribution in [0.5, 0.6) is 5.75 Å². The SMILES string of the molecule is Cc1ccccc1OCCN(C)C(=O)c1ccoc1. The molecular weight excluding hydrogens is 242 g/mol. The minimum absolute atomic E-state index is 0.0675. The van der Waals surface area contributed by atoms with Crippen LogP contribution in [0.25, 0.3) is 0 Å². The van der Waals surface area contributed by atoms with Gasteiger partial charge in [-0.2, -0.15) is 0 Å². The molecule has 0 unspecified atom stereocenters. The molecule has 1 aromatic carbocycles.